The zero-order chi connectivity index (χ0) is 33.8. The quantitative estimate of drug-likeness (QED) is 0.179. The second-order valence-electron chi connectivity index (χ2n) is 14.9. The summed E-state index contributed by atoms with van der Waals surface area (Å²) in [6.07, 6.45) is 0. The van der Waals surface area contributed by atoms with E-state index in [1.165, 1.54) is 110 Å². The average molecular weight is 647 g/mol. The fraction of sp³-hybridized carbons (Fsp3) is 0.0588. The summed E-state index contributed by atoms with van der Waals surface area (Å²) in [6, 6.07) is 63.6. The molecule has 0 aromatic heterocycles. The number of hydrogen-bond acceptors (Lipinski definition) is 0. The van der Waals surface area contributed by atoms with Crippen molar-refractivity contribution in [1.29, 1.82) is 0 Å². The molecule has 0 saturated heterocycles. The lowest BCUT2D eigenvalue weighted by molar-refractivity contribution is 0.661. The molecule has 0 saturated carbocycles. The second kappa shape index (κ2) is 10.4. The Kier molecular flexibility index (Phi) is 5.82. The molecular formula is C51H34. The van der Waals surface area contributed by atoms with Gasteiger partial charge in [-0.1, -0.05) is 159 Å². The zero-order valence-corrected chi connectivity index (χ0v) is 28.7. The molecule has 0 spiro atoms. The Balaban J connectivity index is 0.952. The molecule has 9 aromatic rings. The van der Waals surface area contributed by atoms with Gasteiger partial charge in [-0.05, 0) is 134 Å². The van der Waals surface area contributed by atoms with Gasteiger partial charge in [0, 0.05) is 5.41 Å². The van der Waals surface area contributed by atoms with E-state index in [-0.39, 0.29) is 5.41 Å². The molecule has 0 fully saturated rings. The lowest BCUT2D eigenvalue weighted by atomic mass is 9.80. The minimum absolute atomic E-state index is 0.103. The van der Waals surface area contributed by atoms with Crippen LogP contribution in [0.5, 0.6) is 0 Å². The van der Waals surface area contributed by atoms with Crippen molar-refractivity contribution in [3.8, 4) is 66.8 Å². The lowest BCUT2D eigenvalue weighted by Gasteiger charge is -2.23. The third-order valence-corrected chi connectivity index (χ3v) is 11.8. The van der Waals surface area contributed by atoms with E-state index in [0.29, 0.717) is 0 Å². The average Bonchev–Trinajstić information content (AvgIpc) is 3.63. The second-order valence-corrected chi connectivity index (χ2v) is 14.9. The maximum absolute atomic E-state index is 2.44. The number of rotatable bonds is 3. The van der Waals surface area contributed by atoms with Crippen LogP contribution in [0.1, 0.15) is 25.0 Å². The fourth-order valence-electron chi connectivity index (χ4n) is 9.21. The molecule has 0 heteroatoms. The first-order valence-corrected chi connectivity index (χ1v) is 18.0. The van der Waals surface area contributed by atoms with E-state index in [4.69, 9.17) is 0 Å². The highest BCUT2D eigenvalue weighted by molar-refractivity contribution is 6.18. The largest absolute Gasteiger partial charge is 0.0616 e. The molecule has 0 bridgehead atoms. The summed E-state index contributed by atoms with van der Waals surface area (Å²) in [5.41, 5.74) is 18.4. The van der Waals surface area contributed by atoms with Crippen molar-refractivity contribution >= 4 is 32.3 Å². The van der Waals surface area contributed by atoms with E-state index >= 15 is 0 Å². The highest BCUT2D eigenvalue weighted by atomic mass is 14.4. The van der Waals surface area contributed by atoms with Crippen LogP contribution < -0.4 is 0 Å². The van der Waals surface area contributed by atoms with Crippen molar-refractivity contribution in [2.45, 2.75) is 19.3 Å². The predicted octanol–water partition coefficient (Wildman–Crippen LogP) is 14.1. The summed E-state index contributed by atoms with van der Waals surface area (Å²) >= 11 is 0. The maximum atomic E-state index is 2.44. The van der Waals surface area contributed by atoms with Gasteiger partial charge in [-0.3, -0.25) is 0 Å². The first-order chi connectivity index (χ1) is 25.0. The zero-order valence-electron chi connectivity index (χ0n) is 28.7. The topological polar surface area (TPSA) is 0 Å². The molecule has 0 atom stereocenters. The molecule has 51 heavy (non-hydrogen) atoms. The molecule has 0 unspecified atom stereocenters. The molecule has 11 rings (SSSR count). The van der Waals surface area contributed by atoms with E-state index in [2.05, 4.69) is 184 Å². The van der Waals surface area contributed by atoms with Gasteiger partial charge in [-0.15, -0.1) is 0 Å². The van der Waals surface area contributed by atoms with Crippen LogP contribution in [0.25, 0.3) is 99.1 Å². The molecule has 0 N–H and O–H groups in total. The van der Waals surface area contributed by atoms with Crippen molar-refractivity contribution < 1.29 is 0 Å². The van der Waals surface area contributed by atoms with Gasteiger partial charge in [0.1, 0.15) is 0 Å². The van der Waals surface area contributed by atoms with Crippen LogP contribution in [0.4, 0.5) is 0 Å². The summed E-state index contributed by atoms with van der Waals surface area (Å²) in [7, 11) is 0. The Morgan fingerprint density at radius 3 is 1.55 bits per heavy atom. The van der Waals surface area contributed by atoms with Gasteiger partial charge in [0.05, 0.1) is 0 Å². The monoisotopic (exact) mass is 646 g/mol. The molecule has 2 aliphatic rings. The Labute approximate surface area is 298 Å². The Bertz CT molecular complexity index is 2900. The Morgan fingerprint density at radius 1 is 0.294 bits per heavy atom. The van der Waals surface area contributed by atoms with Crippen molar-refractivity contribution in [1.82, 2.24) is 0 Å². The first-order valence-electron chi connectivity index (χ1n) is 18.0. The summed E-state index contributed by atoms with van der Waals surface area (Å²) in [6.45, 7) is 4.77. The van der Waals surface area contributed by atoms with Crippen LogP contribution in [-0.4, -0.2) is 0 Å². The minimum atomic E-state index is -0.103. The SMILES string of the molecule is CC1(C)c2cc(-c3ccc4cc(-c5ccc6c7c(cccc57)-c5ccccc5-6)ccc4c3)ccc2-c2ccc(-c3cccc4ccccc34)cc21. The lowest BCUT2D eigenvalue weighted by Crippen LogP contribution is -2.15. The van der Waals surface area contributed by atoms with Crippen molar-refractivity contribution in [2.75, 3.05) is 0 Å². The number of hydrogen-bond donors (Lipinski definition) is 0. The Morgan fingerprint density at radius 2 is 0.745 bits per heavy atom. The van der Waals surface area contributed by atoms with Crippen LogP contribution in [-0.2, 0) is 5.41 Å². The highest BCUT2D eigenvalue weighted by Crippen LogP contribution is 2.52. The first kappa shape index (κ1) is 28.6. The van der Waals surface area contributed by atoms with E-state index < -0.39 is 0 Å². The van der Waals surface area contributed by atoms with E-state index in [1.54, 1.807) is 0 Å². The molecule has 0 radical (unpaired) electrons. The molecule has 9 aromatic carbocycles. The smallest absolute Gasteiger partial charge is 0.0159 e. The van der Waals surface area contributed by atoms with E-state index in [0.717, 1.165) is 0 Å². The normalized spacial score (nSPS) is 13.5. The molecule has 2 aliphatic carbocycles. The summed E-state index contributed by atoms with van der Waals surface area (Å²) in [5, 5.41) is 7.80. The Hall–Kier alpha value is -6.24. The van der Waals surface area contributed by atoms with Crippen LogP contribution in [0, 0.1) is 0 Å². The highest BCUT2D eigenvalue weighted by Gasteiger charge is 2.36. The molecule has 0 aliphatic heterocycles. The molecule has 0 nitrogen and oxygen atoms in total. The summed E-state index contributed by atoms with van der Waals surface area (Å²) in [4.78, 5) is 0. The molecular weight excluding hydrogens is 613 g/mol. The number of fused-ring (bicyclic) bond motifs is 8. The van der Waals surface area contributed by atoms with Crippen molar-refractivity contribution in [2.24, 2.45) is 0 Å². The summed E-state index contributed by atoms with van der Waals surface area (Å²) < 4.78 is 0. The van der Waals surface area contributed by atoms with Gasteiger partial charge in [-0.25, -0.2) is 0 Å². The van der Waals surface area contributed by atoms with Crippen molar-refractivity contribution in [3.05, 3.63) is 181 Å². The van der Waals surface area contributed by atoms with Gasteiger partial charge >= 0.3 is 0 Å². The standard InChI is InChI=1S/C51H34/c1-51(2)48-29-35(21-23-43(48)44-24-22-37(30-49(44)51)39-14-7-10-31-9-3-4-11-38(31)39)33-17-18-34-28-36(20-19-32(34)27-33)40-25-26-47-42-13-6-5-12-41(42)46-16-8-15-45(40)50(46)47/h3-30H,1-2H3. The van der Waals surface area contributed by atoms with Crippen LogP contribution in [0.3, 0.4) is 0 Å². The molecule has 0 heterocycles. The third kappa shape index (κ3) is 4.08. The van der Waals surface area contributed by atoms with Gasteiger partial charge in [-0.2, -0.15) is 0 Å². The van der Waals surface area contributed by atoms with Crippen molar-refractivity contribution in [3.63, 3.8) is 0 Å². The third-order valence-electron chi connectivity index (χ3n) is 11.8. The number of benzene rings is 9. The van der Waals surface area contributed by atoms with Crippen LogP contribution in [0.15, 0.2) is 170 Å². The van der Waals surface area contributed by atoms with Crippen LogP contribution in [0.2, 0.25) is 0 Å². The van der Waals surface area contributed by atoms with E-state index in [9.17, 15) is 0 Å². The maximum Gasteiger partial charge on any atom is 0.0159 e. The molecule has 238 valence electrons. The van der Waals surface area contributed by atoms with Crippen LogP contribution >= 0.6 is 0 Å². The van der Waals surface area contributed by atoms with Gasteiger partial charge in [0.15, 0.2) is 0 Å². The predicted molar refractivity (Wildman–Crippen MR) is 217 cm³/mol. The van der Waals surface area contributed by atoms with E-state index in [1.807, 2.05) is 0 Å². The van der Waals surface area contributed by atoms with Gasteiger partial charge < -0.3 is 0 Å². The van der Waals surface area contributed by atoms with Gasteiger partial charge in [0.25, 0.3) is 0 Å². The van der Waals surface area contributed by atoms with Gasteiger partial charge in [0.2, 0.25) is 0 Å². The molecule has 0 amide bonds. The minimum Gasteiger partial charge on any atom is -0.0616 e. The summed E-state index contributed by atoms with van der Waals surface area (Å²) in [5.74, 6) is 0. The fourth-order valence-corrected chi connectivity index (χ4v) is 9.21.